The van der Waals surface area contributed by atoms with Crippen LogP contribution in [0.15, 0.2) is 68.2 Å². The number of nitrogens with two attached hydrogens (primary N) is 1. The van der Waals surface area contributed by atoms with Crippen molar-refractivity contribution >= 4 is 32.5 Å². The van der Waals surface area contributed by atoms with Crippen LogP contribution >= 0.6 is 15.9 Å². The lowest BCUT2D eigenvalue weighted by atomic mass is 10.0. The Morgan fingerprint density at radius 1 is 1.04 bits per heavy atom. The summed E-state index contributed by atoms with van der Waals surface area (Å²) >= 11 is 3.39. The molecular weight excluding hydrogens is 384 g/mol. The van der Waals surface area contributed by atoms with Crippen LogP contribution in [0.4, 0.5) is 0 Å². The highest BCUT2D eigenvalue weighted by atomic mass is 79.9. The van der Waals surface area contributed by atoms with Gasteiger partial charge in [-0.05, 0) is 29.8 Å². The minimum absolute atomic E-state index is 0.0136. The first kappa shape index (κ1) is 15.4. The fourth-order valence-electron chi connectivity index (χ4n) is 3.22. The molecule has 1 unspecified atom stereocenters. The second-order valence-corrected chi connectivity index (χ2v) is 6.60. The molecule has 2 aromatic carbocycles. The van der Waals surface area contributed by atoms with Gasteiger partial charge in [0.25, 0.3) is 11.1 Å². The SMILES string of the molecule is N#CC1=C(N)n2c(=O)c3ccccc3c(=O)n2C1c1cccc(Br)c1. The first-order valence-electron chi connectivity index (χ1n) is 7.46. The van der Waals surface area contributed by atoms with E-state index in [1.54, 1.807) is 42.5 Å². The van der Waals surface area contributed by atoms with E-state index in [1.807, 2.05) is 6.07 Å². The standard InChI is InChI=1S/C18H11BrN4O2/c19-11-5-3-4-10(8-11)15-14(9-20)16(21)23-18(25)13-7-2-1-6-12(13)17(24)22(15)23/h1-8,15H,21H2. The summed E-state index contributed by atoms with van der Waals surface area (Å²) in [6.07, 6.45) is 0. The molecule has 1 aromatic heterocycles. The summed E-state index contributed by atoms with van der Waals surface area (Å²) < 4.78 is 3.17. The number of nitrogens with zero attached hydrogens (tertiary/aromatic N) is 3. The van der Waals surface area contributed by atoms with Gasteiger partial charge in [0.1, 0.15) is 23.5 Å². The molecule has 0 saturated carbocycles. The number of nitriles is 1. The van der Waals surface area contributed by atoms with E-state index in [-0.39, 0.29) is 22.3 Å². The smallest absolute Gasteiger partial charge is 0.279 e. The predicted molar refractivity (Wildman–Crippen MR) is 97.8 cm³/mol. The van der Waals surface area contributed by atoms with Gasteiger partial charge >= 0.3 is 0 Å². The fourth-order valence-corrected chi connectivity index (χ4v) is 3.64. The molecular formula is C18H11BrN4O2. The first-order valence-corrected chi connectivity index (χ1v) is 8.26. The van der Waals surface area contributed by atoms with Gasteiger partial charge in [-0.1, -0.05) is 40.2 Å². The summed E-state index contributed by atoms with van der Waals surface area (Å²) in [6, 6.07) is 15.1. The topological polar surface area (TPSA) is 93.8 Å². The molecule has 0 saturated heterocycles. The highest BCUT2D eigenvalue weighted by Gasteiger charge is 2.34. The third-order valence-electron chi connectivity index (χ3n) is 4.31. The molecule has 4 rings (SSSR count). The molecule has 1 atom stereocenters. The average molecular weight is 395 g/mol. The molecule has 1 aliphatic rings. The second-order valence-electron chi connectivity index (χ2n) is 5.68. The van der Waals surface area contributed by atoms with Gasteiger partial charge in [0, 0.05) is 4.47 Å². The maximum absolute atomic E-state index is 13.0. The van der Waals surface area contributed by atoms with Gasteiger partial charge in [0.05, 0.1) is 10.8 Å². The Balaban J connectivity index is 2.17. The van der Waals surface area contributed by atoms with E-state index in [4.69, 9.17) is 5.73 Å². The van der Waals surface area contributed by atoms with Crippen molar-refractivity contribution in [1.82, 2.24) is 9.36 Å². The predicted octanol–water partition coefficient (Wildman–Crippen LogP) is 2.18. The van der Waals surface area contributed by atoms with Crippen molar-refractivity contribution in [3.8, 4) is 6.07 Å². The Hall–Kier alpha value is -3.11. The van der Waals surface area contributed by atoms with Gasteiger partial charge in [0.15, 0.2) is 0 Å². The molecule has 6 nitrogen and oxygen atoms in total. The van der Waals surface area contributed by atoms with Crippen LogP contribution in [0.5, 0.6) is 0 Å². The van der Waals surface area contributed by atoms with Crippen molar-refractivity contribution in [2.45, 2.75) is 6.04 Å². The maximum atomic E-state index is 13.0. The van der Waals surface area contributed by atoms with Gasteiger partial charge in [0.2, 0.25) is 0 Å². The van der Waals surface area contributed by atoms with E-state index >= 15 is 0 Å². The number of hydrogen-bond donors (Lipinski definition) is 1. The highest BCUT2D eigenvalue weighted by molar-refractivity contribution is 9.10. The lowest BCUT2D eigenvalue weighted by molar-refractivity contribution is 0.539. The molecule has 3 aromatic rings. The molecule has 2 N–H and O–H groups in total. The van der Waals surface area contributed by atoms with Crippen molar-refractivity contribution in [1.29, 1.82) is 5.26 Å². The monoisotopic (exact) mass is 394 g/mol. The minimum atomic E-state index is -0.743. The Kier molecular flexibility index (Phi) is 3.37. The summed E-state index contributed by atoms with van der Waals surface area (Å²) in [5, 5.41) is 10.2. The minimum Gasteiger partial charge on any atom is -0.383 e. The third kappa shape index (κ3) is 2.08. The molecule has 0 radical (unpaired) electrons. The van der Waals surface area contributed by atoms with Gasteiger partial charge in [-0.25, -0.2) is 4.68 Å². The van der Waals surface area contributed by atoms with Crippen LogP contribution in [-0.4, -0.2) is 9.36 Å². The van der Waals surface area contributed by atoms with Crippen molar-refractivity contribution in [3.05, 3.63) is 84.8 Å². The van der Waals surface area contributed by atoms with E-state index in [1.165, 1.54) is 4.68 Å². The van der Waals surface area contributed by atoms with Crippen molar-refractivity contribution in [2.24, 2.45) is 5.73 Å². The summed E-state index contributed by atoms with van der Waals surface area (Å²) in [7, 11) is 0. The molecule has 0 spiro atoms. The molecule has 0 bridgehead atoms. The van der Waals surface area contributed by atoms with E-state index < -0.39 is 11.6 Å². The van der Waals surface area contributed by atoms with Crippen LogP contribution in [0.2, 0.25) is 0 Å². The number of hydrogen-bond acceptors (Lipinski definition) is 4. The quantitative estimate of drug-likeness (QED) is 0.684. The normalized spacial score (nSPS) is 16.1. The zero-order valence-corrected chi connectivity index (χ0v) is 14.4. The van der Waals surface area contributed by atoms with E-state index in [0.717, 1.165) is 9.15 Å². The van der Waals surface area contributed by atoms with Crippen LogP contribution in [0.3, 0.4) is 0 Å². The molecule has 122 valence electrons. The fraction of sp³-hybridized carbons (Fsp3) is 0.0556. The molecule has 25 heavy (non-hydrogen) atoms. The second kappa shape index (κ2) is 5.46. The van der Waals surface area contributed by atoms with Gasteiger partial charge in [-0.2, -0.15) is 9.94 Å². The lowest BCUT2D eigenvalue weighted by Gasteiger charge is -2.16. The molecule has 1 aliphatic heterocycles. The maximum Gasteiger partial charge on any atom is 0.279 e. The van der Waals surface area contributed by atoms with Crippen molar-refractivity contribution < 1.29 is 0 Å². The van der Waals surface area contributed by atoms with E-state index in [0.29, 0.717) is 10.9 Å². The molecule has 7 heteroatoms. The Labute approximate surface area is 150 Å². The summed E-state index contributed by atoms with van der Waals surface area (Å²) in [5.41, 5.74) is 6.16. The highest BCUT2D eigenvalue weighted by Crippen LogP contribution is 2.33. The van der Waals surface area contributed by atoms with Crippen molar-refractivity contribution in [2.75, 3.05) is 0 Å². The summed E-state index contributed by atoms with van der Waals surface area (Å²) in [6.45, 7) is 0. The zero-order chi connectivity index (χ0) is 17.7. The number of fused-ring (bicyclic) bond motifs is 2. The Morgan fingerprint density at radius 2 is 1.72 bits per heavy atom. The zero-order valence-electron chi connectivity index (χ0n) is 12.8. The average Bonchev–Trinajstić information content (AvgIpc) is 2.92. The van der Waals surface area contributed by atoms with Gasteiger partial charge in [-0.15, -0.1) is 0 Å². The van der Waals surface area contributed by atoms with Gasteiger partial charge in [-0.3, -0.25) is 9.59 Å². The van der Waals surface area contributed by atoms with Crippen LogP contribution in [0.1, 0.15) is 11.6 Å². The molecule has 2 heterocycles. The number of aromatic nitrogens is 2. The van der Waals surface area contributed by atoms with Crippen molar-refractivity contribution in [3.63, 3.8) is 0 Å². The van der Waals surface area contributed by atoms with Crippen LogP contribution < -0.4 is 16.9 Å². The number of halogens is 1. The molecule has 0 aliphatic carbocycles. The number of rotatable bonds is 1. The van der Waals surface area contributed by atoms with Gasteiger partial charge < -0.3 is 5.73 Å². The molecule has 0 amide bonds. The van der Waals surface area contributed by atoms with Crippen LogP contribution in [0.25, 0.3) is 16.6 Å². The molecule has 0 fully saturated rings. The Morgan fingerprint density at radius 3 is 2.36 bits per heavy atom. The summed E-state index contributed by atoms with van der Waals surface area (Å²) in [5.74, 6) is -0.0136. The Bertz CT molecular complexity index is 1230. The van der Waals surface area contributed by atoms with Crippen LogP contribution in [0, 0.1) is 11.3 Å². The first-order chi connectivity index (χ1) is 12.0. The lowest BCUT2D eigenvalue weighted by Crippen LogP contribution is -2.38. The number of allylic oxidation sites excluding steroid dienone is 1. The third-order valence-corrected chi connectivity index (χ3v) is 4.80. The number of benzene rings is 2. The van der Waals surface area contributed by atoms with Crippen LogP contribution in [-0.2, 0) is 0 Å². The van der Waals surface area contributed by atoms with E-state index in [2.05, 4.69) is 22.0 Å². The summed E-state index contributed by atoms with van der Waals surface area (Å²) in [4.78, 5) is 25.9. The largest absolute Gasteiger partial charge is 0.383 e. The van der Waals surface area contributed by atoms with E-state index in [9.17, 15) is 14.9 Å².